The average Bonchev–Trinajstić information content (AvgIpc) is 2.98. The summed E-state index contributed by atoms with van der Waals surface area (Å²) in [6.45, 7) is 5.42. The maximum absolute atomic E-state index is 5.67. The van der Waals surface area contributed by atoms with Crippen molar-refractivity contribution in [2.75, 3.05) is 18.8 Å². The first-order valence-electron chi connectivity index (χ1n) is 6.23. The first kappa shape index (κ1) is 13.5. The molecule has 0 amide bonds. The Morgan fingerprint density at radius 2 is 2.22 bits per heavy atom. The highest BCUT2D eigenvalue weighted by molar-refractivity contribution is 7.15. The van der Waals surface area contributed by atoms with Crippen LogP contribution < -0.4 is 5.73 Å². The molecule has 98 valence electrons. The lowest BCUT2D eigenvalue weighted by molar-refractivity contribution is 0.272. The second-order valence-corrected chi connectivity index (χ2v) is 6.45. The first-order valence-corrected chi connectivity index (χ1v) is 7.92. The molecule has 0 radical (unpaired) electrons. The van der Waals surface area contributed by atoms with Crippen LogP contribution in [0.3, 0.4) is 0 Å². The van der Waals surface area contributed by atoms with Crippen LogP contribution in [0.2, 0.25) is 0 Å². The van der Waals surface area contributed by atoms with Gasteiger partial charge in [-0.2, -0.15) is 0 Å². The molecular formula is C13H19N3S2. The fourth-order valence-corrected chi connectivity index (χ4v) is 3.35. The molecule has 0 aliphatic heterocycles. The standard InChI is InChI=1S/C13H19N3S2/c1-2-6-16(7-5-11-4-3-8-17-11)10-12-9-15-13(14)18-12/h3-4,8-9H,2,5-7,10H2,1H3,(H2,14,15). The molecule has 5 heteroatoms. The summed E-state index contributed by atoms with van der Waals surface area (Å²) in [5, 5.41) is 2.81. The van der Waals surface area contributed by atoms with Crippen LogP contribution in [0, 0.1) is 0 Å². The van der Waals surface area contributed by atoms with Crippen molar-refractivity contribution in [3.8, 4) is 0 Å². The molecule has 2 rings (SSSR count). The molecule has 0 aliphatic rings. The van der Waals surface area contributed by atoms with E-state index in [1.165, 1.54) is 16.2 Å². The molecule has 2 heterocycles. The molecule has 2 N–H and O–H groups in total. The van der Waals surface area contributed by atoms with Gasteiger partial charge in [-0.25, -0.2) is 4.98 Å². The van der Waals surface area contributed by atoms with Crippen LogP contribution in [-0.4, -0.2) is 23.0 Å². The number of anilines is 1. The minimum atomic E-state index is 0.666. The van der Waals surface area contributed by atoms with Crippen LogP contribution in [0.25, 0.3) is 0 Å². The van der Waals surface area contributed by atoms with Crippen molar-refractivity contribution in [1.29, 1.82) is 0 Å². The predicted molar refractivity (Wildman–Crippen MR) is 80.1 cm³/mol. The predicted octanol–water partition coefficient (Wildman–Crippen LogP) is 3.24. The van der Waals surface area contributed by atoms with Gasteiger partial charge >= 0.3 is 0 Å². The summed E-state index contributed by atoms with van der Waals surface area (Å²) in [5.74, 6) is 0. The summed E-state index contributed by atoms with van der Waals surface area (Å²) in [6, 6.07) is 4.33. The van der Waals surface area contributed by atoms with E-state index in [0.717, 1.165) is 26.1 Å². The number of nitrogen functional groups attached to an aromatic ring is 1. The Labute approximate surface area is 116 Å². The fourth-order valence-electron chi connectivity index (χ4n) is 1.93. The van der Waals surface area contributed by atoms with Gasteiger partial charge in [-0.3, -0.25) is 4.90 Å². The van der Waals surface area contributed by atoms with Crippen LogP contribution in [0.15, 0.2) is 23.7 Å². The quantitative estimate of drug-likeness (QED) is 0.847. The lowest BCUT2D eigenvalue weighted by Crippen LogP contribution is -2.26. The normalized spacial score (nSPS) is 11.2. The topological polar surface area (TPSA) is 42.2 Å². The highest BCUT2D eigenvalue weighted by atomic mass is 32.1. The number of nitrogens with zero attached hydrogens (tertiary/aromatic N) is 2. The third-order valence-corrected chi connectivity index (χ3v) is 4.49. The minimum absolute atomic E-state index is 0.666. The van der Waals surface area contributed by atoms with E-state index in [-0.39, 0.29) is 0 Å². The number of thiazole rings is 1. The number of hydrogen-bond donors (Lipinski definition) is 1. The van der Waals surface area contributed by atoms with Crippen molar-refractivity contribution in [2.24, 2.45) is 0 Å². The summed E-state index contributed by atoms with van der Waals surface area (Å²) in [7, 11) is 0. The van der Waals surface area contributed by atoms with Crippen molar-refractivity contribution in [3.63, 3.8) is 0 Å². The highest BCUT2D eigenvalue weighted by Crippen LogP contribution is 2.17. The summed E-state index contributed by atoms with van der Waals surface area (Å²) in [4.78, 5) is 9.31. The van der Waals surface area contributed by atoms with Crippen molar-refractivity contribution in [3.05, 3.63) is 33.5 Å². The van der Waals surface area contributed by atoms with Gasteiger partial charge in [-0.05, 0) is 30.8 Å². The maximum Gasteiger partial charge on any atom is 0.180 e. The van der Waals surface area contributed by atoms with Gasteiger partial charge in [0.2, 0.25) is 0 Å². The van der Waals surface area contributed by atoms with E-state index in [4.69, 9.17) is 5.73 Å². The van der Waals surface area contributed by atoms with Crippen LogP contribution in [0.1, 0.15) is 23.1 Å². The molecule has 0 aliphatic carbocycles. The van der Waals surface area contributed by atoms with Crippen molar-refractivity contribution >= 4 is 27.8 Å². The molecule has 2 aromatic rings. The van der Waals surface area contributed by atoms with Gasteiger partial charge < -0.3 is 5.73 Å². The molecule has 2 aromatic heterocycles. The smallest absolute Gasteiger partial charge is 0.180 e. The molecule has 0 saturated heterocycles. The number of thiophene rings is 1. The molecule has 0 bridgehead atoms. The number of nitrogens with two attached hydrogens (primary N) is 1. The summed E-state index contributed by atoms with van der Waals surface area (Å²) >= 11 is 3.43. The van der Waals surface area contributed by atoms with Gasteiger partial charge in [0.25, 0.3) is 0 Å². The van der Waals surface area contributed by atoms with Crippen molar-refractivity contribution in [2.45, 2.75) is 26.3 Å². The van der Waals surface area contributed by atoms with Crippen LogP contribution in [0.5, 0.6) is 0 Å². The Hall–Kier alpha value is -0.910. The molecule has 0 atom stereocenters. The number of hydrogen-bond acceptors (Lipinski definition) is 5. The minimum Gasteiger partial charge on any atom is -0.375 e. The molecule has 3 nitrogen and oxygen atoms in total. The third-order valence-electron chi connectivity index (χ3n) is 2.75. The van der Waals surface area contributed by atoms with E-state index in [1.807, 2.05) is 17.5 Å². The third kappa shape index (κ3) is 4.08. The van der Waals surface area contributed by atoms with Crippen LogP contribution in [0.4, 0.5) is 5.13 Å². The van der Waals surface area contributed by atoms with Crippen molar-refractivity contribution < 1.29 is 0 Å². The van der Waals surface area contributed by atoms with Gasteiger partial charge in [0.05, 0.1) is 0 Å². The van der Waals surface area contributed by atoms with Crippen LogP contribution >= 0.6 is 22.7 Å². The summed E-state index contributed by atoms with van der Waals surface area (Å²) in [5.41, 5.74) is 5.67. The second-order valence-electron chi connectivity index (χ2n) is 4.27. The average molecular weight is 281 g/mol. The zero-order valence-corrected chi connectivity index (χ0v) is 12.3. The second kappa shape index (κ2) is 6.87. The molecule has 0 fully saturated rings. The largest absolute Gasteiger partial charge is 0.375 e. The highest BCUT2D eigenvalue weighted by Gasteiger charge is 2.08. The van der Waals surface area contributed by atoms with Gasteiger partial charge in [-0.1, -0.05) is 13.0 Å². The van der Waals surface area contributed by atoms with Gasteiger partial charge in [0, 0.05) is 29.0 Å². The fraction of sp³-hybridized carbons (Fsp3) is 0.462. The molecule has 0 unspecified atom stereocenters. The van der Waals surface area contributed by atoms with E-state index >= 15 is 0 Å². The Morgan fingerprint density at radius 3 is 2.83 bits per heavy atom. The number of aromatic nitrogens is 1. The zero-order chi connectivity index (χ0) is 12.8. The Bertz CT molecular complexity index is 451. The Morgan fingerprint density at radius 1 is 1.33 bits per heavy atom. The zero-order valence-electron chi connectivity index (χ0n) is 10.6. The monoisotopic (exact) mass is 281 g/mol. The Kier molecular flexibility index (Phi) is 5.16. The van der Waals surface area contributed by atoms with Gasteiger partial charge in [0.1, 0.15) is 0 Å². The Balaban J connectivity index is 1.87. The van der Waals surface area contributed by atoms with Gasteiger partial charge in [0.15, 0.2) is 5.13 Å². The van der Waals surface area contributed by atoms with Crippen molar-refractivity contribution in [1.82, 2.24) is 9.88 Å². The van der Waals surface area contributed by atoms with E-state index in [9.17, 15) is 0 Å². The number of rotatable bonds is 7. The summed E-state index contributed by atoms with van der Waals surface area (Å²) < 4.78 is 0. The van der Waals surface area contributed by atoms with Crippen LogP contribution in [-0.2, 0) is 13.0 Å². The first-order chi connectivity index (χ1) is 8.78. The lowest BCUT2D eigenvalue weighted by atomic mass is 10.3. The molecule has 18 heavy (non-hydrogen) atoms. The SMILES string of the molecule is CCCN(CCc1cccs1)Cc1cnc(N)s1. The lowest BCUT2D eigenvalue weighted by Gasteiger charge is -2.20. The van der Waals surface area contributed by atoms with E-state index < -0.39 is 0 Å². The molecule has 0 aromatic carbocycles. The van der Waals surface area contributed by atoms with E-state index in [0.29, 0.717) is 5.13 Å². The van der Waals surface area contributed by atoms with E-state index in [1.54, 1.807) is 11.3 Å². The maximum atomic E-state index is 5.67. The molecular weight excluding hydrogens is 262 g/mol. The van der Waals surface area contributed by atoms with E-state index in [2.05, 4.69) is 34.3 Å². The molecule has 0 saturated carbocycles. The summed E-state index contributed by atoms with van der Waals surface area (Å²) in [6.07, 6.45) is 4.21. The molecule has 0 spiro atoms. The van der Waals surface area contributed by atoms with Gasteiger partial charge in [-0.15, -0.1) is 22.7 Å².